The van der Waals surface area contributed by atoms with E-state index in [2.05, 4.69) is 16.6 Å². The summed E-state index contributed by atoms with van der Waals surface area (Å²) in [7, 11) is -0.783. The molecule has 1 heterocycles. The predicted molar refractivity (Wildman–Crippen MR) is 137 cm³/mol. The van der Waals surface area contributed by atoms with Crippen LogP contribution >= 0.6 is 8.03 Å². The van der Waals surface area contributed by atoms with Crippen molar-refractivity contribution in [2.75, 3.05) is 13.3 Å². The minimum atomic E-state index is -2.05. The number of ether oxygens (including phenoxy) is 1. The van der Waals surface area contributed by atoms with Crippen molar-refractivity contribution in [2.45, 2.75) is 39.2 Å². The number of aromatic nitrogens is 1. The Morgan fingerprint density at radius 3 is 2.50 bits per heavy atom. The fraction of sp³-hybridized carbons (Fsp3) is 0.286. The molecule has 0 bridgehead atoms. The Labute approximate surface area is 211 Å². The standard InChI is InChI=1S/C28H28FNO5P/c1-18(2)28-23(12-13-35-27(32)15-22(31)17-36(33)34-4)24(21-10-11-25(29)19(3)14-21)16-26(30-28)20-8-6-5-7-9-20/h5-11,14,16,18,22,31H,15,17H2,1-4H3/q+1. The summed E-state index contributed by atoms with van der Waals surface area (Å²) < 4.78 is 35.1. The summed E-state index contributed by atoms with van der Waals surface area (Å²) in [6.07, 6.45) is 0.723. The number of pyridine rings is 1. The highest BCUT2D eigenvalue weighted by Gasteiger charge is 2.24. The zero-order valence-electron chi connectivity index (χ0n) is 20.6. The van der Waals surface area contributed by atoms with Crippen molar-refractivity contribution in [3.05, 3.63) is 77.2 Å². The van der Waals surface area contributed by atoms with E-state index in [9.17, 15) is 18.9 Å². The van der Waals surface area contributed by atoms with Gasteiger partial charge in [0.05, 0.1) is 30.5 Å². The molecule has 36 heavy (non-hydrogen) atoms. The maximum absolute atomic E-state index is 14.0. The molecule has 0 fully saturated rings. The number of aryl methyl sites for hydroxylation is 1. The van der Waals surface area contributed by atoms with Crippen molar-refractivity contribution in [2.24, 2.45) is 0 Å². The fourth-order valence-corrected chi connectivity index (χ4v) is 4.21. The van der Waals surface area contributed by atoms with Crippen LogP contribution in [0.2, 0.25) is 0 Å². The van der Waals surface area contributed by atoms with Gasteiger partial charge >= 0.3 is 14.0 Å². The lowest BCUT2D eigenvalue weighted by Gasteiger charge is -2.16. The fourth-order valence-electron chi connectivity index (χ4n) is 3.59. The summed E-state index contributed by atoms with van der Waals surface area (Å²) in [5, 5.41) is 9.88. The maximum atomic E-state index is 14.0. The number of carbonyl (C=O) groups excluding carboxylic acids is 1. The highest BCUT2D eigenvalue weighted by Crippen LogP contribution is 2.33. The normalized spacial score (nSPS) is 12.0. The molecule has 2 atom stereocenters. The molecule has 0 saturated heterocycles. The minimum absolute atomic E-state index is 0.0128. The van der Waals surface area contributed by atoms with Crippen molar-refractivity contribution < 1.29 is 28.1 Å². The molecule has 3 rings (SSSR count). The Balaban J connectivity index is 2.03. The SMILES string of the molecule is CO[P+](=O)CC(O)CC(=O)OC#Cc1c(-c2ccc(F)c(C)c2)cc(-c2ccccc2)nc1C(C)C. The number of hydrogen-bond acceptors (Lipinski definition) is 6. The number of benzene rings is 2. The van der Waals surface area contributed by atoms with Crippen LogP contribution in [0.15, 0.2) is 54.6 Å². The molecule has 2 aromatic carbocycles. The van der Waals surface area contributed by atoms with Crippen molar-refractivity contribution in [1.29, 1.82) is 0 Å². The van der Waals surface area contributed by atoms with Gasteiger partial charge in [0, 0.05) is 11.1 Å². The molecule has 0 amide bonds. The summed E-state index contributed by atoms with van der Waals surface area (Å²) in [5.41, 5.74) is 4.91. The van der Waals surface area contributed by atoms with E-state index in [0.29, 0.717) is 16.8 Å². The van der Waals surface area contributed by atoms with Gasteiger partial charge in [-0.25, -0.2) is 4.39 Å². The van der Waals surface area contributed by atoms with Crippen LogP contribution in [0.5, 0.6) is 0 Å². The van der Waals surface area contributed by atoms with Crippen molar-refractivity contribution in [3.63, 3.8) is 0 Å². The van der Waals surface area contributed by atoms with E-state index in [0.717, 1.165) is 22.4 Å². The lowest BCUT2D eigenvalue weighted by molar-refractivity contribution is -0.138. The molecule has 0 saturated carbocycles. The van der Waals surface area contributed by atoms with Gasteiger partial charge in [-0.1, -0.05) is 50.2 Å². The number of halogens is 1. The lowest BCUT2D eigenvalue weighted by Crippen LogP contribution is -2.16. The molecule has 186 valence electrons. The molecule has 6 nitrogen and oxygen atoms in total. The van der Waals surface area contributed by atoms with E-state index in [1.807, 2.05) is 50.2 Å². The highest BCUT2D eigenvalue weighted by molar-refractivity contribution is 7.39. The van der Waals surface area contributed by atoms with Gasteiger partial charge in [-0.3, -0.25) is 9.78 Å². The molecule has 0 aliphatic carbocycles. The van der Waals surface area contributed by atoms with Crippen LogP contribution < -0.4 is 0 Å². The second-order valence-electron chi connectivity index (χ2n) is 8.56. The molecule has 8 heteroatoms. The summed E-state index contributed by atoms with van der Waals surface area (Å²) in [5.74, 6) is 1.84. The number of carbonyl (C=O) groups is 1. The second-order valence-corrected chi connectivity index (χ2v) is 9.95. The smallest absolute Gasteiger partial charge is 0.388 e. The average Bonchev–Trinajstić information content (AvgIpc) is 2.85. The molecule has 0 radical (unpaired) electrons. The maximum Gasteiger partial charge on any atom is 0.510 e. The van der Waals surface area contributed by atoms with Crippen LogP contribution in [0, 0.1) is 24.8 Å². The van der Waals surface area contributed by atoms with Gasteiger partial charge in [-0.2, -0.15) is 0 Å². The van der Waals surface area contributed by atoms with Crippen LogP contribution in [0.3, 0.4) is 0 Å². The summed E-state index contributed by atoms with van der Waals surface area (Å²) in [4.78, 5) is 17.0. The molecule has 1 aromatic heterocycles. The number of aliphatic hydroxyl groups excluding tert-OH is 1. The van der Waals surface area contributed by atoms with E-state index in [4.69, 9.17) is 9.72 Å². The molecule has 0 aliphatic rings. The Kier molecular flexibility index (Phi) is 9.44. The Morgan fingerprint density at radius 1 is 1.14 bits per heavy atom. The number of nitrogens with zero attached hydrogens (tertiary/aromatic N) is 1. The van der Waals surface area contributed by atoms with Crippen LogP contribution in [0.4, 0.5) is 4.39 Å². The second kappa shape index (κ2) is 12.5. The van der Waals surface area contributed by atoms with Crippen molar-refractivity contribution in [1.82, 2.24) is 4.98 Å². The van der Waals surface area contributed by atoms with E-state index in [-0.39, 0.29) is 24.3 Å². The van der Waals surface area contributed by atoms with Crippen LogP contribution in [0.1, 0.15) is 43.0 Å². The first-order valence-corrected chi connectivity index (χ1v) is 12.8. The first-order valence-electron chi connectivity index (χ1n) is 11.4. The quantitative estimate of drug-likeness (QED) is 0.229. The number of rotatable bonds is 8. The van der Waals surface area contributed by atoms with Gasteiger partial charge in [0.1, 0.15) is 18.0 Å². The number of hydrogen-bond donors (Lipinski definition) is 1. The third kappa shape index (κ3) is 7.05. The highest BCUT2D eigenvalue weighted by atomic mass is 31.1. The van der Waals surface area contributed by atoms with E-state index >= 15 is 0 Å². The van der Waals surface area contributed by atoms with Crippen molar-refractivity contribution >= 4 is 14.0 Å². The van der Waals surface area contributed by atoms with Gasteiger partial charge in [0.15, 0.2) is 0 Å². The molecule has 3 aromatic rings. The summed E-state index contributed by atoms with van der Waals surface area (Å²) >= 11 is 0. The van der Waals surface area contributed by atoms with Gasteiger partial charge in [-0.15, -0.1) is 4.52 Å². The molecule has 1 N–H and O–H groups in total. The van der Waals surface area contributed by atoms with Gasteiger partial charge in [0.2, 0.25) is 6.16 Å². The van der Waals surface area contributed by atoms with Crippen molar-refractivity contribution in [3.8, 4) is 34.4 Å². The number of esters is 1. The molecule has 0 spiro atoms. The monoisotopic (exact) mass is 508 g/mol. The average molecular weight is 509 g/mol. The Bertz CT molecular complexity index is 1310. The lowest BCUT2D eigenvalue weighted by atomic mass is 9.92. The van der Waals surface area contributed by atoms with Gasteiger partial charge in [-0.05, 0) is 52.7 Å². The zero-order valence-corrected chi connectivity index (χ0v) is 21.5. The van der Waals surface area contributed by atoms with Crippen LogP contribution in [0.25, 0.3) is 22.4 Å². The molecular formula is C28H28FNO5P+. The minimum Gasteiger partial charge on any atom is -0.388 e. The first kappa shape index (κ1) is 27.2. The largest absolute Gasteiger partial charge is 0.510 e. The summed E-state index contributed by atoms with van der Waals surface area (Å²) in [6.45, 7) is 5.67. The molecular weight excluding hydrogens is 480 g/mol. The van der Waals surface area contributed by atoms with Crippen LogP contribution in [-0.4, -0.2) is 35.4 Å². The summed E-state index contributed by atoms with van der Waals surface area (Å²) in [6, 6.07) is 16.4. The third-order valence-electron chi connectivity index (χ3n) is 5.44. The van der Waals surface area contributed by atoms with E-state index in [1.54, 1.807) is 19.1 Å². The predicted octanol–water partition coefficient (Wildman–Crippen LogP) is 5.98. The zero-order chi connectivity index (χ0) is 26.2. The van der Waals surface area contributed by atoms with E-state index in [1.165, 1.54) is 13.2 Å². The Morgan fingerprint density at radius 2 is 1.86 bits per heavy atom. The Hall–Kier alpha value is -3.43. The molecule has 2 unspecified atom stereocenters. The van der Waals surface area contributed by atoms with Crippen LogP contribution in [-0.2, 0) is 18.6 Å². The van der Waals surface area contributed by atoms with Gasteiger partial charge in [0.25, 0.3) is 0 Å². The third-order valence-corrected chi connectivity index (χ3v) is 6.57. The topological polar surface area (TPSA) is 85.7 Å². The first-order chi connectivity index (χ1) is 17.2. The number of aliphatic hydroxyl groups is 1. The van der Waals surface area contributed by atoms with Gasteiger partial charge < -0.3 is 9.84 Å². The van der Waals surface area contributed by atoms with E-state index < -0.39 is 20.1 Å². The molecule has 0 aliphatic heterocycles.